The average molecular weight is 250 g/mol. The van der Waals surface area contributed by atoms with Gasteiger partial charge in [0.2, 0.25) is 0 Å². The number of methoxy groups -OCH3 is 1. The number of rotatable bonds is 3. The van der Waals surface area contributed by atoms with Gasteiger partial charge in [0, 0.05) is 17.4 Å². The van der Waals surface area contributed by atoms with Gasteiger partial charge in [-0.1, -0.05) is 20.8 Å². The van der Waals surface area contributed by atoms with Gasteiger partial charge in [-0.15, -0.1) is 0 Å². The second-order valence-corrected chi connectivity index (χ2v) is 5.53. The zero-order valence-corrected chi connectivity index (χ0v) is 11.7. The van der Waals surface area contributed by atoms with Crippen molar-refractivity contribution < 1.29 is 9.53 Å². The Morgan fingerprint density at radius 1 is 1.39 bits per heavy atom. The minimum Gasteiger partial charge on any atom is -0.465 e. The highest BCUT2D eigenvalue weighted by Gasteiger charge is 2.22. The average Bonchev–Trinajstić information content (AvgIpc) is 2.29. The van der Waals surface area contributed by atoms with E-state index in [2.05, 4.69) is 33.0 Å². The molecule has 0 aromatic heterocycles. The van der Waals surface area contributed by atoms with Gasteiger partial charge in [-0.2, -0.15) is 0 Å². The molecule has 1 aromatic carbocycles. The fourth-order valence-corrected chi connectivity index (χ4v) is 1.42. The number of hydrogen-bond donors (Lipinski definition) is 2. The summed E-state index contributed by atoms with van der Waals surface area (Å²) >= 11 is 0. The third-order valence-electron chi connectivity index (χ3n) is 3.12. The summed E-state index contributed by atoms with van der Waals surface area (Å²) in [6.45, 7) is 8.50. The van der Waals surface area contributed by atoms with Crippen LogP contribution < -0.4 is 11.1 Å². The summed E-state index contributed by atoms with van der Waals surface area (Å²) in [5.41, 5.74) is 7.55. The van der Waals surface area contributed by atoms with Crippen molar-refractivity contribution in [2.75, 3.05) is 18.2 Å². The molecule has 0 spiro atoms. The van der Waals surface area contributed by atoms with Crippen LogP contribution in [0.2, 0.25) is 0 Å². The second-order valence-electron chi connectivity index (χ2n) is 5.53. The predicted octanol–water partition coefficient (Wildman–Crippen LogP) is 2.90. The van der Waals surface area contributed by atoms with Gasteiger partial charge in [-0.25, -0.2) is 4.79 Å². The number of carbonyl (C=O) groups is 1. The van der Waals surface area contributed by atoms with Gasteiger partial charge < -0.3 is 15.8 Å². The number of nitrogens with one attached hydrogen (secondary N) is 1. The summed E-state index contributed by atoms with van der Waals surface area (Å²) in [6, 6.07) is 5.42. The Balaban J connectivity index is 3.05. The summed E-state index contributed by atoms with van der Waals surface area (Å²) in [6.07, 6.45) is 0. The van der Waals surface area contributed by atoms with Gasteiger partial charge in [0.25, 0.3) is 0 Å². The minimum absolute atomic E-state index is 0.0920. The molecule has 0 heterocycles. The first-order chi connectivity index (χ1) is 8.25. The van der Waals surface area contributed by atoms with E-state index in [4.69, 9.17) is 10.5 Å². The van der Waals surface area contributed by atoms with Crippen molar-refractivity contribution in [1.82, 2.24) is 0 Å². The Kier molecular flexibility index (Phi) is 4.22. The van der Waals surface area contributed by atoms with E-state index in [9.17, 15) is 4.79 Å². The Bertz CT molecular complexity index is 436. The lowest BCUT2D eigenvalue weighted by Crippen LogP contribution is -2.31. The Morgan fingerprint density at radius 3 is 2.50 bits per heavy atom. The fraction of sp³-hybridized carbons (Fsp3) is 0.500. The molecule has 1 atom stereocenters. The molecular weight excluding hydrogens is 228 g/mol. The van der Waals surface area contributed by atoms with Crippen LogP contribution in [0.3, 0.4) is 0 Å². The van der Waals surface area contributed by atoms with Crippen molar-refractivity contribution in [3.63, 3.8) is 0 Å². The van der Waals surface area contributed by atoms with E-state index in [-0.39, 0.29) is 17.4 Å². The maximum Gasteiger partial charge on any atom is 0.340 e. The lowest BCUT2D eigenvalue weighted by molar-refractivity contribution is 0.0601. The van der Waals surface area contributed by atoms with Crippen LogP contribution in [-0.4, -0.2) is 19.1 Å². The van der Waals surface area contributed by atoms with E-state index in [0.717, 1.165) is 5.69 Å². The molecule has 0 radical (unpaired) electrons. The number of ether oxygens (including phenoxy) is 1. The van der Waals surface area contributed by atoms with E-state index in [1.54, 1.807) is 12.1 Å². The van der Waals surface area contributed by atoms with Gasteiger partial charge in [0.05, 0.1) is 12.7 Å². The summed E-state index contributed by atoms with van der Waals surface area (Å²) in [7, 11) is 1.36. The summed E-state index contributed by atoms with van der Waals surface area (Å²) in [5.74, 6) is -0.383. The van der Waals surface area contributed by atoms with Crippen LogP contribution in [0.5, 0.6) is 0 Å². The van der Waals surface area contributed by atoms with E-state index in [1.807, 2.05) is 6.07 Å². The number of nitrogen functional groups attached to an aromatic ring is 1. The molecule has 0 amide bonds. The third-order valence-corrected chi connectivity index (χ3v) is 3.12. The number of hydrogen-bond acceptors (Lipinski definition) is 4. The predicted molar refractivity (Wildman–Crippen MR) is 74.7 cm³/mol. The smallest absolute Gasteiger partial charge is 0.340 e. The monoisotopic (exact) mass is 250 g/mol. The maximum atomic E-state index is 11.7. The molecular formula is C14H22N2O2. The molecule has 1 rings (SSSR count). The molecule has 4 nitrogen and oxygen atoms in total. The topological polar surface area (TPSA) is 64.3 Å². The number of carbonyl (C=O) groups excluding carboxylic acids is 1. The Hall–Kier alpha value is -1.71. The molecule has 0 saturated carbocycles. The van der Waals surface area contributed by atoms with Crippen LogP contribution in [0.1, 0.15) is 38.1 Å². The van der Waals surface area contributed by atoms with Crippen LogP contribution in [0, 0.1) is 5.41 Å². The van der Waals surface area contributed by atoms with Gasteiger partial charge in [0.15, 0.2) is 0 Å². The Labute approximate surface area is 109 Å². The van der Waals surface area contributed by atoms with Crippen molar-refractivity contribution in [1.29, 1.82) is 0 Å². The quantitative estimate of drug-likeness (QED) is 0.639. The standard InChI is InChI=1S/C14H22N2O2/c1-9(14(2,3)4)16-12-7-6-10(15)8-11(12)13(17)18-5/h6-9,16H,15H2,1-5H3. The summed E-state index contributed by atoms with van der Waals surface area (Å²) in [4.78, 5) is 11.7. The minimum atomic E-state index is -0.383. The van der Waals surface area contributed by atoms with Crippen molar-refractivity contribution in [3.8, 4) is 0 Å². The van der Waals surface area contributed by atoms with Gasteiger partial charge >= 0.3 is 5.97 Å². The van der Waals surface area contributed by atoms with Gasteiger partial charge in [0.1, 0.15) is 0 Å². The number of benzene rings is 1. The molecule has 0 fully saturated rings. The van der Waals surface area contributed by atoms with Gasteiger partial charge in [-0.05, 0) is 30.5 Å². The largest absolute Gasteiger partial charge is 0.465 e. The molecule has 1 aromatic rings. The van der Waals surface area contributed by atoms with E-state index in [0.29, 0.717) is 11.3 Å². The van der Waals surface area contributed by atoms with Crippen LogP contribution >= 0.6 is 0 Å². The highest BCUT2D eigenvalue weighted by Crippen LogP contribution is 2.26. The first-order valence-electron chi connectivity index (χ1n) is 6.00. The highest BCUT2D eigenvalue weighted by atomic mass is 16.5. The first-order valence-corrected chi connectivity index (χ1v) is 6.00. The number of nitrogens with two attached hydrogens (primary N) is 1. The molecule has 3 N–H and O–H groups in total. The van der Waals surface area contributed by atoms with Gasteiger partial charge in [-0.3, -0.25) is 0 Å². The summed E-state index contributed by atoms with van der Waals surface area (Å²) < 4.78 is 4.76. The maximum absolute atomic E-state index is 11.7. The van der Waals surface area contributed by atoms with Crippen LogP contribution in [0.25, 0.3) is 0 Å². The molecule has 0 aliphatic heterocycles. The molecule has 4 heteroatoms. The lowest BCUT2D eigenvalue weighted by Gasteiger charge is -2.29. The molecule has 1 unspecified atom stereocenters. The van der Waals surface area contributed by atoms with E-state index < -0.39 is 0 Å². The number of esters is 1. The normalized spacial score (nSPS) is 12.9. The van der Waals surface area contributed by atoms with Crippen LogP contribution in [0.15, 0.2) is 18.2 Å². The lowest BCUT2D eigenvalue weighted by atomic mass is 9.88. The zero-order chi connectivity index (χ0) is 13.9. The van der Waals surface area contributed by atoms with E-state index in [1.165, 1.54) is 7.11 Å². The van der Waals surface area contributed by atoms with Crippen LogP contribution in [0.4, 0.5) is 11.4 Å². The second kappa shape index (κ2) is 5.29. The van der Waals surface area contributed by atoms with Crippen molar-refractivity contribution in [3.05, 3.63) is 23.8 Å². The molecule has 0 bridgehead atoms. The fourth-order valence-electron chi connectivity index (χ4n) is 1.42. The first kappa shape index (κ1) is 14.4. The molecule has 0 saturated heterocycles. The molecule has 100 valence electrons. The van der Waals surface area contributed by atoms with Crippen molar-refractivity contribution >= 4 is 17.3 Å². The molecule has 0 aliphatic rings. The third kappa shape index (κ3) is 3.39. The number of anilines is 2. The summed E-state index contributed by atoms with van der Waals surface area (Å²) in [5, 5.41) is 3.34. The highest BCUT2D eigenvalue weighted by molar-refractivity contribution is 5.96. The molecule has 18 heavy (non-hydrogen) atoms. The zero-order valence-electron chi connectivity index (χ0n) is 11.7. The Morgan fingerprint density at radius 2 is 2.00 bits per heavy atom. The molecule has 0 aliphatic carbocycles. The van der Waals surface area contributed by atoms with E-state index >= 15 is 0 Å². The van der Waals surface area contributed by atoms with Crippen molar-refractivity contribution in [2.45, 2.75) is 33.7 Å². The SMILES string of the molecule is COC(=O)c1cc(N)ccc1NC(C)C(C)(C)C. The van der Waals surface area contributed by atoms with Crippen molar-refractivity contribution in [2.24, 2.45) is 5.41 Å². The van der Waals surface area contributed by atoms with Crippen LogP contribution in [-0.2, 0) is 4.74 Å².